The van der Waals surface area contributed by atoms with Gasteiger partial charge in [0.2, 0.25) is 0 Å². The third-order valence-electron chi connectivity index (χ3n) is 1.93. The first kappa shape index (κ1) is 12.5. The molecule has 7 nitrogen and oxygen atoms in total. The van der Waals surface area contributed by atoms with E-state index >= 15 is 0 Å². The fourth-order valence-corrected chi connectivity index (χ4v) is 2.18. The molecule has 2 aromatic rings. The second-order valence-electron chi connectivity index (χ2n) is 3.23. The van der Waals surface area contributed by atoms with Crippen molar-refractivity contribution in [3.05, 3.63) is 46.0 Å². The number of hydrogen-bond donors (Lipinski definition) is 2. The van der Waals surface area contributed by atoms with Gasteiger partial charge in [0.25, 0.3) is 15.6 Å². The van der Waals surface area contributed by atoms with Crippen molar-refractivity contribution in [3.63, 3.8) is 0 Å². The van der Waals surface area contributed by atoms with Crippen molar-refractivity contribution >= 4 is 27.4 Å². The summed E-state index contributed by atoms with van der Waals surface area (Å²) in [4.78, 5) is 14.4. The summed E-state index contributed by atoms with van der Waals surface area (Å²) in [6.45, 7) is 0. The molecule has 0 saturated carbocycles. The molecule has 0 aliphatic carbocycles. The van der Waals surface area contributed by atoms with Crippen LogP contribution in [0, 0.1) is 0 Å². The Labute approximate surface area is 107 Å². The minimum absolute atomic E-state index is 0.00421. The number of nitrogens with one attached hydrogen (secondary N) is 2. The first-order valence-electron chi connectivity index (χ1n) is 4.67. The average Bonchev–Trinajstić information content (AvgIpc) is 2.32. The summed E-state index contributed by atoms with van der Waals surface area (Å²) >= 11 is 5.56. The molecule has 2 N–H and O–H groups in total. The van der Waals surface area contributed by atoms with E-state index in [1.54, 1.807) is 0 Å². The van der Waals surface area contributed by atoms with Crippen LogP contribution in [-0.2, 0) is 10.0 Å². The van der Waals surface area contributed by atoms with E-state index in [4.69, 9.17) is 11.6 Å². The zero-order chi connectivity index (χ0) is 13.2. The minimum atomic E-state index is -3.80. The van der Waals surface area contributed by atoms with Crippen molar-refractivity contribution in [1.29, 1.82) is 0 Å². The molecular formula is C9H7ClN4O3S. The zero-order valence-electron chi connectivity index (χ0n) is 8.79. The maximum absolute atomic E-state index is 11.9. The molecule has 2 heterocycles. The molecule has 0 aromatic carbocycles. The highest BCUT2D eigenvalue weighted by Gasteiger charge is 2.15. The van der Waals surface area contributed by atoms with Crippen LogP contribution in [0.25, 0.3) is 0 Å². The van der Waals surface area contributed by atoms with Crippen LogP contribution in [0.5, 0.6) is 0 Å². The molecule has 0 aliphatic rings. The molecule has 9 heteroatoms. The highest BCUT2D eigenvalue weighted by atomic mass is 35.5. The van der Waals surface area contributed by atoms with Gasteiger partial charge in [-0.15, -0.1) is 0 Å². The van der Waals surface area contributed by atoms with Crippen molar-refractivity contribution in [2.75, 3.05) is 4.72 Å². The van der Waals surface area contributed by atoms with Gasteiger partial charge in [-0.25, -0.2) is 18.5 Å². The Morgan fingerprint density at radius 2 is 2.00 bits per heavy atom. The summed E-state index contributed by atoms with van der Waals surface area (Å²) in [5.74, 6) is 0.00421. The topological polar surface area (TPSA) is 105 Å². The summed E-state index contributed by atoms with van der Waals surface area (Å²) in [5, 5.41) is 5.84. The lowest BCUT2D eigenvalue weighted by Gasteiger charge is -2.05. The molecule has 0 fully saturated rings. The maximum atomic E-state index is 11.9. The first-order valence-corrected chi connectivity index (χ1v) is 6.53. The molecule has 0 radical (unpaired) electrons. The Bertz CT molecular complexity index is 691. The largest absolute Gasteiger partial charge is 0.268 e. The summed E-state index contributed by atoms with van der Waals surface area (Å²) in [5.41, 5.74) is -0.425. The van der Waals surface area contributed by atoms with Gasteiger partial charge in [-0.05, 0) is 18.2 Å². The third-order valence-corrected chi connectivity index (χ3v) is 3.49. The average molecular weight is 287 g/mol. The summed E-state index contributed by atoms with van der Waals surface area (Å²) in [6, 6.07) is 5.07. The number of halogens is 1. The number of aromatic amines is 1. The molecule has 0 spiro atoms. The number of H-pyrrole nitrogens is 1. The normalized spacial score (nSPS) is 11.2. The molecule has 94 valence electrons. The second kappa shape index (κ2) is 4.75. The third kappa shape index (κ3) is 2.84. The molecule has 0 atom stereocenters. The van der Waals surface area contributed by atoms with E-state index in [9.17, 15) is 13.2 Å². The van der Waals surface area contributed by atoms with Crippen LogP contribution in [0.4, 0.5) is 5.82 Å². The molecule has 2 rings (SSSR count). The van der Waals surface area contributed by atoms with E-state index in [0.717, 1.165) is 12.3 Å². The van der Waals surface area contributed by atoms with Crippen LogP contribution >= 0.6 is 11.6 Å². The van der Waals surface area contributed by atoms with Gasteiger partial charge in [0.05, 0.1) is 0 Å². The van der Waals surface area contributed by atoms with Gasteiger partial charge < -0.3 is 0 Å². The van der Waals surface area contributed by atoms with E-state index in [1.165, 1.54) is 18.2 Å². The summed E-state index contributed by atoms with van der Waals surface area (Å²) in [7, 11) is -3.80. The highest BCUT2D eigenvalue weighted by molar-refractivity contribution is 7.92. The monoisotopic (exact) mass is 286 g/mol. The van der Waals surface area contributed by atoms with Crippen LogP contribution in [0.2, 0.25) is 5.15 Å². The highest BCUT2D eigenvalue weighted by Crippen LogP contribution is 2.13. The van der Waals surface area contributed by atoms with Crippen molar-refractivity contribution in [2.24, 2.45) is 0 Å². The van der Waals surface area contributed by atoms with E-state index in [1.807, 2.05) is 0 Å². The number of rotatable bonds is 3. The van der Waals surface area contributed by atoms with Crippen molar-refractivity contribution in [3.8, 4) is 0 Å². The number of anilines is 1. The molecule has 0 unspecified atom stereocenters. The van der Waals surface area contributed by atoms with Crippen LogP contribution < -0.4 is 10.3 Å². The fourth-order valence-electron chi connectivity index (χ4n) is 1.12. The minimum Gasteiger partial charge on any atom is -0.268 e. The lowest BCUT2D eigenvalue weighted by atomic mass is 10.5. The Hall–Kier alpha value is -1.93. The van der Waals surface area contributed by atoms with Gasteiger partial charge in [0, 0.05) is 12.3 Å². The molecule has 18 heavy (non-hydrogen) atoms. The lowest BCUT2D eigenvalue weighted by molar-refractivity contribution is 0.600. The Balaban J connectivity index is 2.29. The Kier molecular flexibility index (Phi) is 3.30. The van der Waals surface area contributed by atoms with Crippen LogP contribution in [0.15, 0.2) is 40.2 Å². The quantitative estimate of drug-likeness (QED) is 0.805. The van der Waals surface area contributed by atoms with Crippen LogP contribution in [0.1, 0.15) is 0 Å². The van der Waals surface area contributed by atoms with Crippen LogP contribution in [0.3, 0.4) is 0 Å². The van der Waals surface area contributed by atoms with E-state index in [2.05, 4.69) is 19.9 Å². The van der Waals surface area contributed by atoms with Gasteiger partial charge in [0.15, 0.2) is 5.82 Å². The number of pyridine rings is 1. The lowest BCUT2D eigenvalue weighted by Crippen LogP contribution is -2.16. The number of sulfonamides is 1. The summed E-state index contributed by atoms with van der Waals surface area (Å²) < 4.78 is 25.9. The zero-order valence-corrected chi connectivity index (χ0v) is 10.4. The molecule has 0 saturated heterocycles. The Morgan fingerprint density at radius 1 is 1.22 bits per heavy atom. The Morgan fingerprint density at radius 3 is 2.56 bits per heavy atom. The smallest absolute Gasteiger partial charge is 0.264 e. The van der Waals surface area contributed by atoms with Crippen LogP contribution in [-0.4, -0.2) is 23.6 Å². The van der Waals surface area contributed by atoms with Gasteiger partial charge >= 0.3 is 0 Å². The fraction of sp³-hybridized carbons (Fsp3) is 0. The van der Waals surface area contributed by atoms with Gasteiger partial charge in [-0.1, -0.05) is 11.6 Å². The van der Waals surface area contributed by atoms with Gasteiger partial charge in [0.1, 0.15) is 10.0 Å². The second-order valence-corrected chi connectivity index (χ2v) is 5.30. The summed E-state index contributed by atoms with van der Waals surface area (Å²) in [6.07, 6.45) is 1.12. The number of hydrogen-bond acceptors (Lipinski definition) is 5. The van der Waals surface area contributed by atoms with Gasteiger partial charge in [-0.2, -0.15) is 5.10 Å². The molecule has 2 aromatic heterocycles. The predicted octanol–water partition coefficient (Wildman–Crippen LogP) is 0.619. The van der Waals surface area contributed by atoms with Crippen molar-refractivity contribution in [1.82, 2.24) is 15.2 Å². The standard InChI is InChI=1S/C9H7ClN4O3S/c10-7-2-1-6(5-11-7)18(16,17)14-8-3-4-9(15)13-12-8/h1-5H,(H,12,14)(H,13,15). The van der Waals surface area contributed by atoms with E-state index in [0.29, 0.717) is 0 Å². The van der Waals surface area contributed by atoms with E-state index in [-0.39, 0.29) is 15.9 Å². The van der Waals surface area contributed by atoms with Gasteiger partial charge in [-0.3, -0.25) is 9.52 Å². The number of aromatic nitrogens is 3. The SMILES string of the molecule is O=c1ccc(NS(=O)(=O)c2ccc(Cl)nc2)n[nH]1. The number of nitrogens with zero attached hydrogens (tertiary/aromatic N) is 2. The first-order chi connectivity index (χ1) is 8.47. The molecule has 0 aliphatic heterocycles. The molecule has 0 amide bonds. The maximum Gasteiger partial charge on any atom is 0.264 e. The van der Waals surface area contributed by atoms with Crippen molar-refractivity contribution < 1.29 is 8.42 Å². The molecule has 0 bridgehead atoms. The molecular weight excluding hydrogens is 280 g/mol. The predicted molar refractivity (Wildman–Crippen MR) is 64.9 cm³/mol. The van der Waals surface area contributed by atoms with Crippen molar-refractivity contribution in [2.45, 2.75) is 4.90 Å². The van der Waals surface area contributed by atoms with E-state index < -0.39 is 15.6 Å².